The zero-order valence-corrected chi connectivity index (χ0v) is 14.5. The van der Waals surface area contributed by atoms with Gasteiger partial charge in [0.25, 0.3) is 5.91 Å². The number of carbonyl (C=O) groups is 2. The van der Waals surface area contributed by atoms with Gasteiger partial charge in [-0.1, -0.05) is 36.4 Å². The first kappa shape index (κ1) is 17.5. The van der Waals surface area contributed by atoms with Crippen LogP contribution >= 0.6 is 0 Å². The highest BCUT2D eigenvalue weighted by Gasteiger charge is 2.08. The summed E-state index contributed by atoms with van der Waals surface area (Å²) in [6.45, 7) is 0.265. The number of anilines is 1. The van der Waals surface area contributed by atoms with Gasteiger partial charge in [0.15, 0.2) is 0 Å². The molecule has 3 aromatic carbocycles. The van der Waals surface area contributed by atoms with Crippen molar-refractivity contribution in [3.8, 4) is 5.75 Å². The van der Waals surface area contributed by atoms with E-state index in [0.29, 0.717) is 17.0 Å². The van der Waals surface area contributed by atoms with Gasteiger partial charge in [-0.15, -0.1) is 0 Å². The number of methoxy groups -OCH3 is 1. The van der Waals surface area contributed by atoms with Crippen molar-refractivity contribution in [1.82, 2.24) is 5.32 Å². The van der Waals surface area contributed by atoms with Crippen LogP contribution in [0.2, 0.25) is 0 Å². The van der Waals surface area contributed by atoms with Crippen molar-refractivity contribution in [2.45, 2.75) is 6.42 Å². The quantitative estimate of drug-likeness (QED) is 0.715. The van der Waals surface area contributed by atoms with E-state index in [1.54, 1.807) is 37.4 Å². The number of benzene rings is 3. The first-order chi connectivity index (χ1) is 12.7. The number of nitrogens with one attached hydrogen (secondary N) is 2. The van der Waals surface area contributed by atoms with E-state index >= 15 is 0 Å². The van der Waals surface area contributed by atoms with Crippen LogP contribution in [0, 0.1) is 0 Å². The van der Waals surface area contributed by atoms with Crippen molar-refractivity contribution in [3.63, 3.8) is 0 Å². The van der Waals surface area contributed by atoms with E-state index in [1.165, 1.54) is 0 Å². The molecule has 0 fully saturated rings. The van der Waals surface area contributed by atoms with Crippen LogP contribution in [-0.2, 0) is 4.79 Å². The number of hydrogen-bond acceptors (Lipinski definition) is 3. The van der Waals surface area contributed by atoms with Crippen molar-refractivity contribution >= 4 is 28.3 Å². The van der Waals surface area contributed by atoms with E-state index in [0.717, 1.165) is 10.8 Å². The highest BCUT2D eigenvalue weighted by molar-refractivity contribution is 5.99. The Morgan fingerprint density at radius 3 is 2.54 bits per heavy atom. The van der Waals surface area contributed by atoms with Crippen LogP contribution in [0.25, 0.3) is 10.8 Å². The maximum absolute atomic E-state index is 12.3. The number of ether oxygens (including phenoxy) is 1. The number of rotatable bonds is 6. The number of fused-ring (bicyclic) bond motifs is 1. The van der Waals surface area contributed by atoms with Gasteiger partial charge in [0.1, 0.15) is 5.75 Å². The first-order valence-corrected chi connectivity index (χ1v) is 8.36. The Balaban J connectivity index is 1.51. The van der Waals surface area contributed by atoms with Crippen LogP contribution in [0.1, 0.15) is 16.8 Å². The molecule has 3 rings (SSSR count). The lowest BCUT2D eigenvalue weighted by molar-refractivity contribution is -0.116. The van der Waals surface area contributed by atoms with Gasteiger partial charge in [-0.05, 0) is 35.0 Å². The Hall–Kier alpha value is -3.34. The van der Waals surface area contributed by atoms with Crippen molar-refractivity contribution in [2.24, 2.45) is 0 Å². The van der Waals surface area contributed by atoms with Crippen LogP contribution in [0.4, 0.5) is 5.69 Å². The molecule has 0 atom stereocenters. The third kappa shape index (κ3) is 4.39. The minimum absolute atomic E-state index is 0.169. The molecule has 26 heavy (non-hydrogen) atoms. The molecule has 0 radical (unpaired) electrons. The van der Waals surface area contributed by atoms with E-state index in [9.17, 15) is 9.59 Å². The Labute approximate surface area is 152 Å². The molecular formula is C21H20N2O3. The minimum atomic E-state index is -0.190. The molecule has 132 valence electrons. The van der Waals surface area contributed by atoms with Crippen molar-refractivity contribution in [2.75, 3.05) is 19.0 Å². The molecule has 0 aliphatic heterocycles. The predicted molar refractivity (Wildman–Crippen MR) is 103 cm³/mol. The molecule has 0 aliphatic carbocycles. The highest BCUT2D eigenvalue weighted by Crippen LogP contribution is 2.17. The summed E-state index contributed by atoms with van der Waals surface area (Å²) in [5.74, 6) is 0.314. The molecular weight excluding hydrogens is 328 g/mol. The lowest BCUT2D eigenvalue weighted by atomic mass is 10.1. The largest absolute Gasteiger partial charge is 0.497 e. The van der Waals surface area contributed by atoms with Crippen LogP contribution in [0.5, 0.6) is 5.75 Å². The molecule has 5 heteroatoms. The Morgan fingerprint density at radius 2 is 1.73 bits per heavy atom. The van der Waals surface area contributed by atoms with Crippen LogP contribution in [0.15, 0.2) is 66.7 Å². The molecule has 0 bridgehead atoms. The summed E-state index contributed by atoms with van der Waals surface area (Å²) in [5.41, 5.74) is 1.24. The second-order valence-corrected chi connectivity index (χ2v) is 5.85. The molecule has 2 N–H and O–H groups in total. The van der Waals surface area contributed by atoms with Crippen molar-refractivity contribution in [1.29, 1.82) is 0 Å². The lowest BCUT2D eigenvalue weighted by Crippen LogP contribution is -2.27. The third-order valence-corrected chi connectivity index (χ3v) is 4.00. The molecule has 0 aliphatic rings. The summed E-state index contributed by atoms with van der Waals surface area (Å²) in [4.78, 5) is 24.3. The molecule has 0 unspecified atom stereocenters. The molecule has 5 nitrogen and oxygen atoms in total. The van der Waals surface area contributed by atoms with Crippen molar-refractivity contribution in [3.05, 3.63) is 72.3 Å². The van der Waals surface area contributed by atoms with Gasteiger partial charge < -0.3 is 15.4 Å². The van der Waals surface area contributed by atoms with E-state index in [1.807, 2.05) is 36.4 Å². The molecule has 0 aromatic heterocycles. The first-order valence-electron chi connectivity index (χ1n) is 8.36. The Kier molecular flexibility index (Phi) is 5.49. The zero-order valence-electron chi connectivity index (χ0n) is 14.5. The maximum atomic E-state index is 12.3. The van der Waals surface area contributed by atoms with Crippen molar-refractivity contribution < 1.29 is 14.3 Å². The summed E-state index contributed by atoms with van der Waals surface area (Å²) in [6, 6.07) is 20.5. The number of hydrogen-bond donors (Lipinski definition) is 2. The van der Waals surface area contributed by atoms with Crippen LogP contribution in [0.3, 0.4) is 0 Å². The molecule has 2 amide bonds. The fourth-order valence-electron chi connectivity index (χ4n) is 2.65. The van der Waals surface area contributed by atoms with Gasteiger partial charge in [0.2, 0.25) is 5.91 Å². The number of amides is 2. The third-order valence-electron chi connectivity index (χ3n) is 4.00. The number of carbonyl (C=O) groups excluding carboxylic acids is 2. The molecule has 0 saturated carbocycles. The fourth-order valence-corrected chi connectivity index (χ4v) is 2.65. The van der Waals surface area contributed by atoms with Gasteiger partial charge >= 0.3 is 0 Å². The van der Waals surface area contributed by atoms with Crippen LogP contribution in [-0.4, -0.2) is 25.5 Å². The Bertz CT molecular complexity index is 937. The molecule has 0 heterocycles. The second kappa shape index (κ2) is 8.16. The van der Waals surface area contributed by atoms with Gasteiger partial charge in [-0.2, -0.15) is 0 Å². The molecule has 0 spiro atoms. The average molecular weight is 348 g/mol. The van der Waals surface area contributed by atoms with Gasteiger partial charge in [-0.25, -0.2) is 0 Å². The van der Waals surface area contributed by atoms with E-state index in [2.05, 4.69) is 10.6 Å². The summed E-state index contributed by atoms with van der Waals surface area (Å²) in [5, 5.41) is 7.66. The van der Waals surface area contributed by atoms with Crippen LogP contribution < -0.4 is 15.4 Å². The average Bonchev–Trinajstić information content (AvgIpc) is 2.67. The van der Waals surface area contributed by atoms with Gasteiger partial charge in [0, 0.05) is 30.3 Å². The summed E-state index contributed by atoms with van der Waals surface area (Å²) >= 11 is 0. The SMILES string of the molecule is COc1cccc(NC(=O)CCNC(=O)c2ccc3ccccc3c2)c1. The van der Waals surface area contributed by atoms with E-state index in [4.69, 9.17) is 4.74 Å². The monoisotopic (exact) mass is 348 g/mol. The molecule has 0 saturated heterocycles. The maximum Gasteiger partial charge on any atom is 0.251 e. The summed E-state index contributed by atoms with van der Waals surface area (Å²) in [7, 11) is 1.57. The lowest BCUT2D eigenvalue weighted by Gasteiger charge is -2.08. The molecule has 3 aromatic rings. The second-order valence-electron chi connectivity index (χ2n) is 5.85. The van der Waals surface area contributed by atoms with E-state index in [-0.39, 0.29) is 24.8 Å². The summed E-state index contributed by atoms with van der Waals surface area (Å²) in [6.07, 6.45) is 0.191. The fraction of sp³-hybridized carbons (Fsp3) is 0.143. The van der Waals surface area contributed by atoms with Gasteiger partial charge in [-0.3, -0.25) is 9.59 Å². The Morgan fingerprint density at radius 1 is 0.923 bits per heavy atom. The highest BCUT2D eigenvalue weighted by atomic mass is 16.5. The normalized spacial score (nSPS) is 10.3. The van der Waals surface area contributed by atoms with E-state index < -0.39 is 0 Å². The topological polar surface area (TPSA) is 67.4 Å². The minimum Gasteiger partial charge on any atom is -0.497 e. The predicted octanol–water partition coefficient (Wildman–Crippen LogP) is 3.61. The van der Waals surface area contributed by atoms with Gasteiger partial charge in [0.05, 0.1) is 7.11 Å². The standard InChI is InChI=1S/C21H20N2O3/c1-26-19-8-4-7-18(14-19)23-20(24)11-12-22-21(25)17-10-9-15-5-2-3-6-16(15)13-17/h2-10,13-14H,11-12H2,1H3,(H,22,25)(H,23,24). The summed E-state index contributed by atoms with van der Waals surface area (Å²) < 4.78 is 5.12. The smallest absolute Gasteiger partial charge is 0.251 e. The zero-order chi connectivity index (χ0) is 18.4.